The fourth-order valence-corrected chi connectivity index (χ4v) is 4.36. The molecule has 5 nitrogen and oxygen atoms in total. The van der Waals surface area contributed by atoms with Gasteiger partial charge in [-0.25, -0.2) is 0 Å². The van der Waals surface area contributed by atoms with E-state index in [0.717, 1.165) is 11.1 Å². The van der Waals surface area contributed by atoms with Gasteiger partial charge < -0.3 is 9.47 Å². The van der Waals surface area contributed by atoms with Crippen LogP contribution in [0.4, 0.5) is 0 Å². The maximum Gasteiger partial charge on any atom is 0.266 e. The molecular formula is C24H24N2O3S2. The van der Waals surface area contributed by atoms with Crippen LogP contribution in [0.3, 0.4) is 0 Å². The average Bonchev–Trinajstić information content (AvgIpc) is 3.00. The van der Waals surface area contributed by atoms with Gasteiger partial charge in [-0.3, -0.25) is 9.69 Å². The number of hydrogen-bond donors (Lipinski definition) is 0. The van der Waals surface area contributed by atoms with E-state index >= 15 is 0 Å². The highest BCUT2D eigenvalue weighted by atomic mass is 32.2. The van der Waals surface area contributed by atoms with E-state index in [9.17, 15) is 10.1 Å². The minimum atomic E-state index is -0.0601. The fourth-order valence-electron chi connectivity index (χ4n) is 3.09. The standard InChI is InChI=1S/C24H24N2O3S2/c1-4-28-21-11-17(12-22-23(27)26(14-16(2)3)24(30)31-22)9-10-20(21)29-15-19-8-6-5-7-18(19)13-25/h5-12,16H,4,14-15H2,1-3H3/b22-12-. The number of carbonyl (C=O) groups is 1. The van der Waals surface area contributed by atoms with Gasteiger partial charge in [0, 0.05) is 12.1 Å². The zero-order valence-electron chi connectivity index (χ0n) is 17.8. The molecule has 0 aliphatic carbocycles. The molecule has 0 spiro atoms. The second kappa shape index (κ2) is 10.5. The number of thioether (sulfide) groups is 1. The van der Waals surface area contributed by atoms with Gasteiger partial charge in [0.2, 0.25) is 0 Å². The summed E-state index contributed by atoms with van der Waals surface area (Å²) >= 11 is 6.70. The van der Waals surface area contributed by atoms with Crippen LogP contribution >= 0.6 is 24.0 Å². The van der Waals surface area contributed by atoms with Gasteiger partial charge in [0.1, 0.15) is 10.9 Å². The summed E-state index contributed by atoms with van der Waals surface area (Å²) in [4.78, 5) is 15.0. The van der Waals surface area contributed by atoms with Crippen molar-refractivity contribution in [3.8, 4) is 17.6 Å². The molecule has 0 aromatic heterocycles. The van der Waals surface area contributed by atoms with E-state index in [4.69, 9.17) is 21.7 Å². The lowest BCUT2D eigenvalue weighted by Crippen LogP contribution is -2.31. The molecule has 0 bridgehead atoms. The van der Waals surface area contributed by atoms with Crippen molar-refractivity contribution in [2.45, 2.75) is 27.4 Å². The minimum absolute atomic E-state index is 0.0601. The largest absolute Gasteiger partial charge is 0.490 e. The van der Waals surface area contributed by atoms with Crippen LogP contribution in [-0.4, -0.2) is 28.3 Å². The van der Waals surface area contributed by atoms with Crippen LogP contribution in [0.1, 0.15) is 37.5 Å². The van der Waals surface area contributed by atoms with E-state index in [-0.39, 0.29) is 12.5 Å². The molecule has 0 radical (unpaired) electrons. The summed E-state index contributed by atoms with van der Waals surface area (Å²) in [7, 11) is 0. The zero-order valence-corrected chi connectivity index (χ0v) is 19.4. The molecule has 2 aromatic rings. The lowest BCUT2D eigenvalue weighted by atomic mass is 10.1. The van der Waals surface area contributed by atoms with E-state index in [1.807, 2.05) is 49.4 Å². The Morgan fingerprint density at radius 2 is 1.97 bits per heavy atom. The Hall–Kier alpha value is -2.82. The van der Waals surface area contributed by atoms with Gasteiger partial charge >= 0.3 is 0 Å². The monoisotopic (exact) mass is 452 g/mol. The van der Waals surface area contributed by atoms with Crippen molar-refractivity contribution in [1.29, 1.82) is 5.26 Å². The van der Waals surface area contributed by atoms with E-state index in [2.05, 4.69) is 19.9 Å². The molecule has 0 N–H and O–H groups in total. The third kappa shape index (κ3) is 5.66. The summed E-state index contributed by atoms with van der Waals surface area (Å²) in [5.41, 5.74) is 2.23. The minimum Gasteiger partial charge on any atom is -0.490 e. The van der Waals surface area contributed by atoms with E-state index in [1.54, 1.807) is 11.0 Å². The predicted octanol–water partition coefficient (Wildman–Crippen LogP) is 5.39. The Balaban J connectivity index is 1.80. The molecule has 1 fully saturated rings. The summed E-state index contributed by atoms with van der Waals surface area (Å²) in [5.74, 6) is 1.45. The first-order valence-electron chi connectivity index (χ1n) is 10.1. The Labute approximate surface area is 192 Å². The van der Waals surface area contributed by atoms with E-state index in [0.29, 0.717) is 45.4 Å². The molecule has 2 aromatic carbocycles. The number of carbonyl (C=O) groups excluding carboxylic acids is 1. The van der Waals surface area contributed by atoms with Gasteiger partial charge in [0.25, 0.3) is 5.91 Å². The third-order valence-electron chi connectivity index (χ3n) is 4.51. The maximum absolute atomic E-state index is 12.7. The number of amides is 1. The lowest BCUT2D eigenvalue weighted by molar-refractivity contribution is -0.122. The van der Waals surface area contributed by atoms with Crippen LogP contribution in [-0.2, 0) is 11.4 Å². The highest BCUT2D eigenvalue weighted by Gasteiger charge is 2.32. The van der Waals surface area contributed by atoms with Crippen molar-refractivity contribution in [1.82, 2.24) is 4.90 Å². The molecule has 0 saturated carbocycles. The van der Waals surface area contributed by atoms with Gasteiger partial charge in [0.05, 0.1) is 23.1 Å². The molecule has 3 rings (SSSR count). The molecule has 1 aliphatic rings. The van der Waals surface area contributed by atoms with Crippen LogP contribution in [0.25, 0.3) is 6.08 Å². The van der Waals surface area contributed by atoms with Crippen LogP contribution < -0.4 is 9.47 Å². The van der Waals surface area contributed by atoms with Crippen LogP contribution in [0.5, 0.6) is 11.5 Å². The predicted molar refractivity (Wildman–Crippen MR) is 128 cm³/mol. The number of nitrogens with zero attached hydrogens (tertiary/aromatic N) is 2. The Bertz CT molecular complexity index is 1060. The highest BCUT2D eigenvalue weighted by Crippen LogP contribution is 2.35. The SMILES string of the molecule is CCOc1cc(/C=C2\SC(=S)N(CC(C)C)C2=O)ccc1OCc1ccccc1C#N. The highest BCUT2D eigenvalue weighted by molar-refractivity contribution is 8.26. The third-order valence-corrected chi connectivity index (χ3v) is 5.89. The lowest BCUT2D eigenvalue weighted by Gasteiger charge is -2.16. The molecule has 1 saturated heterocycles. The number of benzene rings is 2. The van der Waals surface area contributed by atoms with Gasteiger partial charge in [0.15, 0.2) is 11.5 Å². The van der Waals surface area contributed by atoms with Crippen LogP contribution in [0.2, 0.25) is 0 Å². The van der Waals surface area contributed by atoms with E-state index in [1.165, 1.54) is 11.8 Å². The topological polar surface area (TPSA) is 62.6 Å². The van der Waals surface area contributed by atoms with Gasteiger partial charge in [-0.1, -0.05) is 62.1 Å². The van der Waals surface area contributed by atoms with Crippen molar-refractivity contribution in [3.05, 3.63) is 64.1 Å². The van der Waals surface area contributed by atoms with Crippen molar-refractivity contribution in [2.24, 2.45) is 5.92 Å². The molecule has 160 valence electrons. The average molecular weight is 453 g/mol. The van der Waals surface area contributed by atoms with E-state index < -0.39 is 0 Å². The number of rotatable bonds is 8. The maximum atomic E-state index is 12.7. The first kappa shape index (κ1) is 22.9. The van der Waals surface area contributed by atoms with Crippen LogP contribution in [0.15, 0.2) is 47.4 Å². The first-order valence-corrected chi connectivity index (χ1v) is 11.3. The van der Waals surface area contributed by atoms with Crippen molar-refractivity contribution >= 4 is 40.3 Å². The summed E-state index contributed by atoms with van der Waals surface area (Å²) < 4.78 is 12.3. The normalized spacial score (nSPS) is 14.9. The summed E-state index contributed by atoms with van der Waals surface area (Å²) in [6.45, 7) is 7.37. The van der Waals surface area contributed by atoms with Gasteiger partial charge in [-0.15, -0.1) is 0 Å². The van der Waals surface area contributed by atoms with Crippen molar-refractivity contribution in [2.75, 3.05) is 13.2 Å². The number of thiocarbonyl (C=S) groups is 1. The number of nitriles is 1. The smallest absolute Gasteiger partial charge is 0.266 e. The Morgan fingerprint density at radius 3 is 2.68 bits per heavy atom. The molecule has 0 atom stereocenters. The summed E-state index contributed by atoms with van der Waals surface area (Å²) in [5, 5.41) is 9.25. The molecule has 1 amide bonds. The van der Waals surface area contributed by atoms with Crippen molar-refractivity contribution < 1.29 is 14.3 Å². The Kier molecular flexibility index (Phi) is 7.72. The van der Waals surface area contributed by atoms with Gasteiger partial charge in [-0.2, -0.15) is 5.26 Å². The first-order chi connectivity index (χ1) is 14.9. The summed E-state index contributed by atoms with van der Waals surface area (Å²) in [6, 6.07) is 15.1. The second-order valence-corrected chi connectivity index (χ2v) is 9.06. The van der Waals surface area contributed by atoms with Crippen LogP contribution in [0, 0.1) is 17.2 Å². The quantitative estimate of drug-likeness (QED) is 0.395. The molecule has 31 heavy (non-hydrogen) atoms. The molecule has 0 unspecified atom stereocenters. The van der Waals surface area contributed by atoms with Gasteiger partial charge in [-0.05, 0) is 42.7 Å². The second-order valence-electron chi connectivity index (χ2n) is 7.38. The number of hydrogen-bond acceptors (Lipinski definition) is 6. The van der Waals surface area contributed by atoms with Crippen molar-refractivity contribution in [3.63, 3.8) is 0 Å². The molecular weight excluding hydrogens is 428 g/mol. The molecule has 1 aliphatic heterocycles. The molecule has 7 heteroatoms. The summed E-state index contributed by atoms with van der Waals surface area (Å²) in [6.07, 6.45) is 1.83. The Morgan fingerprint density at radius 1 is 1.19 bits per heavy atom. The fraction of sp³-hybridized carbons (Fsp3) is 0.292. The zero-order chi connectivity index (χ0) is 22.4. The number of ether oxygens (including phenoxy) is 2. The molecule has 1 heterocycles.